The molecule has 4 heteroatoms. The molecule has 0 aromatic carbocycles. The Morgan fingerprint density at radius 3 is 2.55 bits per heavy atom. The minimum atomic E-state index is 0.217. The van der Waals surface area contributed by atoms with Crippen LogP contribution in [0.15, 0.2) is 60.1 Å². The largest absolute Gasteiger partial charge is 0.493 e. The third kappa shape index (κ3) is 13.3. The Morgan fingerprint density at radius 2 is 1.91 bits per heavy atom. The predicted octanol–water partition coefficient (Wildman–Crippen LogP) is 7.44. The highest BCUT2D eigenvalue weighted by Crippen LogP contribution is 2.22. The van der Waals surface area contributed by atoms with E-state index >= 15 is 0 Å². The van der Waals surface area contributed by atoms with Gasteiger partial charge in [0, 0.05) is 31.2 Å². The molecule has 1 unspecified atom stereocenters. The number of allylic oxidation sites excluding steroid dienone is 7. The van der Waals surface area contributed by atoms with Crippen molar-refractivity contribution in [3.05, 3.63) is 60.1 Å². The molecule has 1 fully saturated rings. The fourth-order valence-corrected chi connectivity index (χ4v) is 3.87. The van der Waals surface area contributed by atoms with Gasteiger partial charge in [0.25, 0.3) is 0 Å². The first-order valence-corrected chi connectivity index (χ1v) is 13.0. The molecule has 0 radical (unpaired) electrons. The zero-order valence-corrected chi connectivity index (χ0v) is 21.9. The lowest BCUT2D eigenvalue weighted by Gasteiger charge is -2.21. The van der Waals surface area contributed by atoms with Crippen LogP contribution >= 0.6 is 0 Å². The molecule has 1 aliphatic heterocycles. The minimum absolute atomic E-state index is 0.217. The van der Waals surface area contributed by atoms with Crippen molar-refractivity contribution in [1.29, 1.82) is 0 Å². The first kappa shape index (κ1) is 30.9. The fraction of sp³-hybridized carbons (Fsp3) is 0.621. The molecular weight excluding hydrogens is 410 g/mol. The van der Waals surface area contributed by atoms with Crippen LogP contribution in [0.3, 0.4) is 0 Å². The Morgan fingerprint density at radius 1 is 1.21 bits per heavy atom. The third-order valence-corrected chi connectivity index (χ3v) is 5.63. The van der Waals surface area contributed by atoms with Crippen LogP contribution in [-0.2, 0) is 14.3 Å². The molecule has 188 valence electrons. The summed E-state index contributed by atoms with van der Waals surface area (Å²) in [6.45, 7) is 16.1. The monoisotopic (exact) mass is 459 g/mol. The van der Waals surface area contributed by atoms with Crippen molar-refractivity contribution in [3.63, 3.8) is 0 Å². The second kappa shape index (κ2) is 20.5. The van der Waals surface area contributed by atoms with E-state index in [0.29, 0.717) is 24.7 Å². The average Bonchev–Trinajstić information content (AvgIpc) is 3.11. The molecule has 4 nitrogen and oxygen atoms in total. The van der Waals surface area contributed by atoms with E-state index in [0.717, 1.165) is 75.2 Å². The average molecular weight is 460 g/mol. The zero-order valence-electron chi connectivity index (χ0n) is 21.9. The van der Waals surface area contributed by atoms with Crippen molar-refractivity contribution >= 4 is 5.78 Å². The van der Waals surface area contributed by atoms with Gasteiger partial charge in [0.15, 0.2) is 0 Å². The van der Waals surface area contributed by atoms with Gasteiger partial charge in [-0.05, 0) is 68.2 Å². The summed E-state index contributed by atoms with van der Waals surface area (Å²) in [7, 11) is 0. The number of Topliss-reactive ketones (excluding diaryl/α,β-unsaturated/α-hetero) is 1. The van der Waals surface area contributed by atoms with Gasteiger partial charge < -0.3 is 15.2 Å². The molecule has 0 amide bonds. The molecule has 33 heavy (non-hydrogen) atoms. The Balaban J connectivity index is 0.00000242. The smallest absolute Gasteiger partial charge is 0.136 e. The van der Waals surface area contributed by atoms with Gasteiger partial charge in [-0.1, -0.05) is 65.8 Å². The first-order valence-electron chi connectivity index (χ1n) is 13.0. The molecule has 0 spiro atoms. The molecule has 0 saturated carbocycles. The van der Waals surface area contributed by atoms with Crippen molar-refractivity contribution in [2.75, 3.05) is 19.8 Å². The molecule has 1 saturated heterocycles. The van der Waals surface area contributed by atoms with Crippen LogP contribution in [0.4, 0.5) is 0 Å². The van der Waals surface area contributed by atoms with Crippen LogP contribution in [0.1, 0.15) is 86.0 Å². The predicted molar refractivity (Wildman–Crippen MR) is 142 cm³/mol. The maximum absolute atomic E-state index is 12.4. The summed E-state index contributed by atoms with van der Waals surface area (Å²) >= 11 is 0. The van der Waals surface area contributed by atoms with E-state index in [1.54, 1.807) is 6.08 Å². The molecular formula is C29H49NO3. The quantitative estimate of drug-likeness (QED) is 0.308. The number of nitrogens with two attached hydrogens (primary N) is 1. The molecule has 1 aliphatic carbocycles. The van der Waals surface area contributed by atoms with Crippen molar-refractivity contribution < 1.29 is 14.3 Å². The molecule has 2 aliphatic rings. The molecule has 2 N–H and O–H groups in total. The number of rotatable bonds is 12. The Labute approximate surface area is 203 Å². The number of carbonyl (C=O) groups is 1. The molecule has 1 atom stereocenters. The van der Waals surface area contributed by atoms with Crippen LogP contribution in [0.5, 0.6) is 0 Å². The molecule has 2 rings (SSSR count). The van der Waals surface area contributed by atoms with E-state index in [1.807, 2.05) is 52.0 Å². The van der Waals surface area contributed by atoms with Crippen molar-refractivity contribution in [3.8, 4) is 0 Å². The summed E-state index contributed by atoms with van der Waals surface area (Å²) in [6.07, 6.45) is 19.1. The number of ketones is 1. The van der Waals surface area contributed by atoms with Gasteiger partial charge in [0.05, 0.1) is 6.61 Å². The fourth-order valence-electron chi connectivity index (χ4n) is 3.87. The summed E-state index contributed by atoms with van der Waals surface area (Å²) in [5.74, 6) is 1.98. The highest BCUT2D eigenvalue weighted by atomic mass is 16.5. The Bertz CT molecular complexity index is 652. The van der Waals surface area contributed by atoms with E-state index in [1.165, 1.54) is 0 Å². The van der Waals surface area contributed by atoms with Crippen LogP contribution in [0.25, 0.3) is 0 Å². The summed E-state index contributed by atoms with van der Waals surface area (Å²) in [6, 6.07) is 0. The van der Waals surface area contributed by atoms with Gasteiger partial charge in [-0.25, -0.2) is 0 Å². The molecule has 0 aromatic heterocycles. The topological polar surface area (TPSA) is 61.5 Å². The van der Waals surface area contributed by atoms with Crippen LogP contribution < -0.4 is 5.73 Å². The minimum Gasteiger partial charge on any atom is -0.493 e. The summed E-state index contributed by atoms with van der Waals surface area (Å²) in [5.41, 5.74) is 7.85. The van der Waals surface area contributed by atoms with Gasteiger partial charge in [0.1, 0.15) is 11.5 Å². The number of hydrogen-bond donors (Lipinski definition) is 1. The van der Waals surface area contributed by atoms with E-state index < -0.39 is 0 Å². The molecule has 1 heterocycles. The van der Waals surface area contributed by atoms with Crippen molar-refractivity contribution in [2.45, 2.75) is 86.0 Å². The summed E-state index contributed by atoms with van der Waals surface area (Å²) < 4.78 is 11.4. The maximum atomic E-state index is 12.4. The zero-order chi connectivity index (χ0) is 24.9. The van der Waals surface area contributed by atoms with E-state index in [4.69, 9.17) is 15.2 Å². The van der Waals surface area contributed by atoms with Gasteiger partial charge in [-0.2, -0.15) is 0 Å². The lowest BCUT2D eigenvalue weighted by molar-refractivity contribution is -0.125. The highest BCUT2D eigenvalue weighted by Gasteiger charge is 2.21. The number of ether oxygens (including phenoxy) is 2. The summed E-state index contributed by atoms with van der Waals surface area (Å²) in [5, 5.41) is 0. The number of hydrogen-bond acceptors (Lipinski definition) is 4. The third-order valence-electron chi connectivity index (χ3n) is 5.63. The lowest BCUT2D eigenvalue weighted by Crippen LogP contribution is -2.23. The van der Waals surface area contributed by atoms with Crippen LogP contribution in [-0.4, -0.2) is 25.6 Å². The normalized spacial score (nSPS) is 17.2. The van der Waals surface area contributed by atoms with Gasteiger partial charge in [0.2, 0.25) is 0 Å². The Hall–Kier alpha value is -2.07. The number of carbonyl (C=O) groups excluding carboxylic acids is 1. The molecule has 0 bridgehead atoms. The van der Waals surface area contributed by atoms with E-state index in [2.05, 4.69) is 19.6 Å². The SMILES string of the molecule is C=C/C=C(\N)C1=CC=C(OCC(CCC)CCCC(=O)C2CCOCC2)C=CC1.CC.CC. The van der Waals surface area contributed by atoms with E-state index in [-0.39, 0.29) is 5.92 Å². The van der Waals surface area contributed by atoms with Gasteiger partial charge in [-0.15, -0.1) is 0 Å². The standard InChI is InChI=1S/C25H37NO3.2C2H6/c1-3-7-20(9-5-12-25(27)22-15-17-28-18-16-22)19-29-23-11-6-10-21(13-14-23)24(26)8-4-2;2*1-2/h4,6,8,11,13-14,20,22H,2-3,5,7,9-10,12,15-19,26H2,1H3;2*1-2H3/b24-8-;;. The van der Waals surface area contributed by atoms with E-state index in [9.17, 15) is 4.79 Å². The molecule has 0 aromatic rings. The first-order chi connectivity index (χ1) is 16.1. The van der Waals surface area contributed by atoms with Crippen LogP contribution in [0.2, 0.25) is 0 Å². The van der Waals surface area contributed by atoms with Gasteiger partial charge >= 0.3 is 0 Å². The van der Waals surface area contributed by atoms with Crippen LogP contribution in [0, 0.1) is 11.8 Å². The van der Waals surface area contributed by atoms with Crippen molar-refractivity contribution in [2.24, 2.45) is 17.6 Å². The van der Waals surface area contributed by atoms with Gasteiger partial charge in [-0.3, -0.25) is 4.79 Å². The summed E-state index contributed by atoms with van der Waals surface area (Å²) in [4.78, 5) is 12.4. The van der Waals surface area contributed by atoms with Crippen molar-refractivity contribution in [1.82, 2.24) is 0 Å². The maximum Gasteiger partial charge on any atom is 0.136 e. The second-order valence-electron chi connectivity index (χ2n) is 7.94. The Kier molecular flexibility index (Phi) is 19.2. The highest BCUT2D eigenvalue weighted by molar-refractivity contribution is 5.81. The lowest BCUT2D eigenvalue weighted by atomic mass is 9.90. The second-order valence-corrected chi connectivity index (χ2v) is 7.94.